The molecule has 0 aromatic heterocycles. The van der Waals surface area contributed by atoms with Gasteiger partial charge in [-0.05, 0) is 36.1 Å². The van der Waals surface area contributed by atoms with Crippen LogP contribution in [0.15, 0.2) is 30.0 Å². The summed E-state index contributed by atoms with van der Waals surface area (Å²) in [5.41, 5.74) is 1.17. The van der Waals surface area contributed by atoms with Gasteiger partial charge in [-0.15, -0.1) is 0 Å². The Hall–Kier alpha value is -1.82. The van der Waals surface area contributed by atoms with Gasteiger partial charge in [0.15, 0.2) is 11.5 Å². The summed E-state index contributed by atoms with van der Waals surface area (Å²) in [4.78, 5) is 0. The number of methoxy groups -OCH3 is 1. The third kappa shape index (κ3) is 3.39. The Labute approximate surface area is 115 Å². The molecule has 1 aromatic carbocycles. The molecular formula is C14H16F2O4. The number of benzene rings is 1. The van der Waals surface area contributed by atoms with Crippen molar-refractivity contribution in [2.75, 3.05) is 13.7 Å². The van der Waals surface area contributed by atoms with Crippen LogP contribution in [0.25, 0.3) is 0 Å². The van der Waals surface area contributed by atoms with Gasteiger partial charge in [-0.2, -0.15) is 8.78 Å². The lowest BCUT2D eigenvalue weighted by molar-refractivity contribution is -0.0513. The van der Waals surface area contributed by atoms with Crippen LogP contribution < -0.4 is 9.47 Å². The number of halogens is 2. The summed E-state index contributed by atoms with van der Waals surface area (Å²) < 4.78 is 39.2. The van der Waals surface area contributed by atoms with Crippen LogP contribution in [-0.4, -0.2) is 25.4 Å². The van der Waals surface area contributed by atoms with Gasteiger partial charge in [-0.1, -0.05) is 6.07 Å². The van der Waals surface area contributed by atoms with Crippen LogP contribution in [0.5, 0.6) is 11.5 Å². The van der Waals surface area contributed by atoms with Gasteiger partial charge in [0.2, 0.25) is 0 Å². The van der Waals surface area contributed by atoms with E-state index in [1.54, 1.807) is 6.07 Å². The molecule has 0 fully saturated rings. The second-order valence-corrected chi connectivity index (χ2v) is 4.36. The largest absolute Gasteiger partial charge is 0.501 e. The van der Waals surface area contributed by atoms with Gasteiger partial charge in [0.25, 0.3) is 0 Å². The Morgan fingerprint density at radius 3 is 2.70 bits per heavy atom. The van der Waals surface area contributed by atoms with Crippen LogP contribution in [-0.2, 0) is 4.74 Å². The predicted molar refractivity (Wildman–Crippen MR) is 67.9 cm³/mol. The fourth-order valence-corrected chi connectivity index (χ4v) is 2.05. The molecule has 1 unspecified atom stereocenters. The molecule has 1 N–H and O–H groups in total. The van der Waals surface area contributed by atoms with Crippen molar-refractivity contribution in [1.82, 2.24) is 0 Å². The highest BCUT2D eigenvalue weighted by atomic mass is 19.3. The molecule has 0 saturated heterocycles. The first-order valence-corrected chi connectivity index (χ1v) is 6.23. The standard InChI is InChI=1S/C14H16F2O4/c1-18-11-5-4-9(7-12(11)20-14(15)16)13(17)10-3-2-6-19-8-10/h4-5,7-8,13-14,17H,2-3,6H2,1H3. The maximum atomic E-state index is 12.4. The average Bonchev–Trinajstić information content (AvgIpc) is 2.46. The molecule has 6 heteroatoms. The van der Waals surface area contributed by atoms with Crippen molar-refractivity contribution in [2.45, 2.75) is 25.6 Å². The molecule has 0 spiro atoms. The number of hydrogen-bond donors (Lipinski definition) is 1. The van der Waals surface area contributed by atoms with Crippen molar-refractivity contribution in [2.24, 2.45) is 0 Å². The summed E-state index contributed by atoms with van der Waals surface area (Å²) in [7, 11) is 1.36. The van der Waals surface area contributed by atoms with E-state index < -0.39 is 12.7 Å². The number of hydrogen-bond acceptors (Lipinski definition) is 4. The molecule has 1 aromatic rings. The fourth-order valence-electron chi connectivity index (χ4n) is 2.05. The Morgan fingerprint density at radius 2 is 2.10 bits per heavy atom. The van der Waals surface area contributed by atoms with Crippen molar-refractivity contribution in [3.63, 3.8) is 0 Å². The topological polar surface area (TPSA) is 47.9 Å². The molecule has 0 amide bonds. The van der Waals surface area contributed by atoms with E-state index in [9.17, 15) is 13.9 Å². The second-order valence-electron chi connectivity index (χ2n) is 4.36. The molecule has 2 rings (SSSR count). The van der Waals surface area contributed by atoms with Crippen molar-refractivity contribution >= 4 is 0 Å². The van der Waals surface area contributed by atoms with Crippen LogP contribution in [0.4, 0.5) is 8.78 Å². The monoisotopic (exact) mass is 286 g/mol. The number of alkyl halides is 2. The number of aliphatic hydroxyl groups excluding tert-OH is 1. The maximum Gasteiger partial charge on any atom is 0.387 e. The second kappa shape index (κ2) is 6.56. The van der Waals surface area contributed by atoms with Gasteiger partial charge in [0, 0.05) is 0 Å². The van der Waals surface area contributed by atoms with Crippen molar-refractivity contribution in [3.05, 3.63) is 35.6 Å². The molecule has 1 aliphatic heterocycles. The van der Waals surface area contributed by atoms with E-state index in [0.29, 0.717) is 24.2 Å². The maximum absolute atomic E-state index is 12.4. The number of rotatable bonds is 5. The SMILES string of the molecule is COc1ccc(C(O)C2=COCCC2)cc1OC(F)F. The molecule has 1 atom stereocenters. The van der Waals surface area contributed by atoms with Crippen LogP contribution >= 0.6 is 0 Å². The molecule has 1 heterocycles. The molecule has 0 radical (unpaired) electrons. The van der Waals surface area contributed by atoms with E-state index in [0.717, 1.165) is 6.42 Å². The smallest absolute Gasteiger partial charge is 0.387 e. The van der Waals surface area contributed by atoms with E-state index in [1.807, 2.05) is 0 Å². The zero-order valence-electron chi connectivity index (χ0n) is 11.0. The van der Waals surface area contributed by atoms with Crippen LogP contribution in [0.2, 0.25) is 0 Å². The van der Waals surface area contributed by atoms with E-state index in [-0.39, 0.29) is 11.5 Å². The summed E-state index contributed by atoms with van der Waals surface area (Å²) in [6.45, 7) is -2.33. The zero-order valence-corrected chi connectivity index (χ0v) is 11.0. The minimum Gasteiger partial charge on any atom is -0.501 e. The lowest BCUT2D eigenvalue weighted by Crippen LogP contribution is -2.09. The Kier molecular flexibility index (Phi) is 4.79. The summed E-state index contributed by atoms with van der Waals surface area (Å²) in [5, 5.41) is 10.2. The molecule has 4 nitrogen and oxygen atoms in total. The van der Waals surface area contributed by atoms with Crippen molar-refractivity contribution in [3.8, 4) is 11.5 Å². The van der Waals surface area contributed by atoms with Crippen LogP contribution in [0.1, 0.15) is 24.5 Å². The first-order valence-electron chi connectivity index (χ1n) is 6.23. The first kappa shape index (κ1) is 14.6. The third-order valence-corrected chi connectivity index (χ3v) is 3.03. The summed E-state index contributed by atoms with van der Waals surface area (Å²) in [6.07, 6.45) is 2.14. The van der Waals surface area contributed by atoms with E-state index in [4.69, 9.17) is 9.47 Å². The van der Waals surface area contributed by atoms with Gasteiger partial charge in [-0.25, -0.2) is 0 Å². The molecule has 20 heavy (non-hydrogen) atoms. The Morgan fingerprint density at radius 1 is 1.30 bits per heavy atom. The van der Waals surface area contributed by atoms with Crippen LogP contribution in [0, 0.1) is 0 Å². The molecular weight excluding hydrogens is 270 g/mol. The van der Waals surface area contributed by atoms with Gasteiger partial charge in [0.1, 0.15) is 6.10 Å². The Bertz CT molecular complexity index is 488. The highest BCUT2D eigenvalue weighted by molar-refractivity contribution is 5.44. The Balaban J connectivity index is 2.25. The van der Waals surface area contributed by atoms with Gasteiger partial charge in [-0.3, -0.25) is 0 Å². The van der Waals surface area contributed by atoms with Gasteiger partial charge < -0.3 is 19.3 Å². The first-order chi connectivity index (χ1) is 9.61. The van der Waals surface area contributed by atoms with E-state index in [1.165, 1.54) is 25.5 Å². The normalized spacial score (nSPS) is 16.4. The highest BCUT2D eigenvalue weighted by Gasteiger charge is 2.19. The lowest BCUT2D eigenvalue weighted by Gasteiger charge is -2.20. The highest BCUT2D eigenvalue weighted by Crippen LogP contribution is 2.34. The summed E-state index contributed by atoms with van der Waals surface area (Å²) in [5.74, 6) is 0.0894. The molecule has 0 aliphatic carbocycles. The van der Waals surface area contributed by atoms with Gasteiger partial charge in [0.05, 0.1) is 20.0 Å². The fraction of sp³-hybridized carbons (Fsp3) is 0.429. The number of aliphatic hydroxyl groups is 1. The quantitative estimate of drug-likeness (QED) is 0.904. The molecule has 0 saturated carbocycles. The summed E-state index contributed by atoms with van der Waals surface area (Å²) in [6, 6.07) is 4.45. The third-order valence-electron chi connectivity index (χ3n) is 3.03. The number of ether oxygens (including phenoxy) is 3. The summed E-state index contributed by atoms with van der Waals surface area (Å²) >= 11 is 0. The minimum absolute atomic E-state index is 0.101. The van der Waals surface area contributed by atoms with Crippen molar-refractivity contribution < 1.29 is 28.1 Å². The molecule has 1 aliphatic rings. The van der Waals surface area contributed by atoms with Crippen LogP contribution in [0.3, 0.4) is 0 Å². The molecule has 110 valence electrons. The van der Waals surface area contributed by atoms with E-state index in [2.05, 4.69) is 4.74 Å². The zero-order chi connectivity index (χ0) is 14.5. The van der Waals surface area contributed by atoms with E-state index >= 15 is 0 Å². The minimum atomic E-state index is -2.95. The molecule has 0 bridgehead atoms. The van der Waals surface area contributed by atoms with Crippen molar-refractivity contribution in [1.29, 1.82) is 0 Å². The average molecular weight is 286 g/mol. The lowest BCUT2D eigenvalue weighted by atomic mass is 9.98. The predicted octanol–water partition coefficient (Wildman–Crippen LogP) is 3.02. The van der Waals surface area contributed by atoms with Gasteiger partial charge >= 0.3 is 6.61 Å².